The number of ether oxygens (including phenoxy) is 1. The third-order valence-corrected chi connectivity index (χ3v) is 5.89. The van der Waals surface area contributed by atoms with E-state index in [1.165, 1.54) is 0 Å². The van der Waals surface area contributed by atoms with Gasteiger partial charge in [0.25, 0.3) is 0 Å². The van der Waals surface area contributed by atoms with Crippen LogP contribution in [0.25, 0.3) is 0 Å². The summed E-state index contributed by atoms with van der Waals surface area (Å²) < 4.78 is 5.63. The zero-order chi connectivity index (χ0) is 15.3. The van der Waals surface area contributed by atoms with E-state index in [9.17, 15) is 4.79 Å². The number of carbonyl (C=O) groups excluding carboxylic acids is 1. The molecule has 3 nitrogen and oxygen atoms in total. The summed E-state index contributed by atoms with van der Waals surface area (Å²) in [7, 11) is 0. The number of rotatable bonds is 6. The zero-order valence-corrected chi connectivity index (χ0v) is 14.4. The van der Waals surface area contributed by atoms with E-state index in [2.05, 4.69) is 35.1 Å². The SMILES string of the molecule is CCC(CC)(CBr)CNC(=O)C1CCOc2ccccc21. The molecule has 0 saturated carbocycles. The van der Waals surface area contributed by atoms with Gasteiger partial charge in [-0.25, -0.2) is 0 Å². The molecule has 1 aromatic carbocycles. The Hall–Kier alpha value is -1.03. The first-order valence-electron chi connectivity index (χ1n) is 7.71. The van der Waals surface area contributed by atoms with Gasteiger partial charge in [0.15, 0.2) is 0 Å². The first kappa shape index (κ1) is 16.3. The Bertz CT molecular complexity index is 477. The van der Waals surface area contributed by atoms with Crippen molar-refractivity contribution in [3.05, 3.63) is 29.8 Å². The summed E-state index contributed by atoms with van der Waals surface area (Å²) in [4.78, 5) is 12.6. The molecule has 116 valence electrons. The Kier molecular flexibility index (Phi) is 5.68. The van der Waals surface area contributed by atoms with E-state index in [4.69, 9.17) is 4.74 Å². The lowest BCUT2D eigenvalue weighted by molar-refractivity contribution is -0.123. The molecule has 0 bridgehead atoms. The molecular weight excluding hydrogens is 330 g/mol. The maximum absolute atomic E-state index is 12.6. The fourth-order valence-electron chi connectivity index (χ4n) is 2.75. The molecule has 4 heteroatoms. The lowest BCUT2D eigenvalue weighted by Crippen LogP contribution is -2.41. The summed E-state index contributed by atoms with van der Waals surface area (Å²) >= 11 is 3.59. The monoisotopic (exact) mass is 353 g/mol. The van der Waals surface area contributed by atoms with Crippen molar-refractivity contribution >= 4 is 21.8 Å². The van der Waals surface area contributed by atoms with Crippen molar-refractivity contribution < 1.29 is 9.53 Å². The minimum atomic E-state index is -0.0864. The highest BCUT2D eigenvalue weighted by atomic mass is 79.9. The van der Waals surface area contributed by atoms with Crippen LogP contribution >= 0.6 is 15.9 Å². The average molecular weight is 354 g/mol. The molecule has 1 aromatic rings. The van der Waals surface area contributed by atoms with E-state index in [1.54, 1.807) is 0 Å². The van der Waals surface area contributed by atoms with E-state index in [0.29, 0.717) is 6.61 Å². The summed E-state index contributed by atoms with van der Waals surface area (Å²) in [6.45, 7) is 5.70. The van der Waals surface area contributed by atoms with Crippen molar-refractivity contribution in [1.82, 2.24) is 5.32 Å². The summed E-state index contributed by atoms with van der Waals surface area (Å²) in [5.41, 5.74) is 1.17. The normalized spacial score (nSPS) is 17.8. The number of para-hydroxylation sites is 1. The highest BCUT2D eigenvalue weighted by Crippen LogP contribution is 2.34. The minimum absolute atomic E-state index is 0.0864. The lowest BCUT2D eigenvalue weighted by atomic mass is 9.84. The number of halogens is 1. The van der Waals surface area contributed by atoms with E-state index in [0.717, 1.165) is 42.5 Å². The Morgan fingerprint density at radius 2 is 2.10 bits per heavy atom. The number of benzene rings is 1. The second kappa shape index (κ2) is 7.30. The molecule has 1 atom stereocenters. The summed E-state index contributed by atoms with van der Waals surface area (Å²) in [5.74, 6) is 0.885. The Labute approximate surface area is 135 Å². The van der Waals surface area contributed by atoms with Crippen LogP contribution in [-0.4, -0.2) is 24.4 Å². The summed E-state index contributed by atoms with van der Waals surface area (Å²) in [6, 6.07) is 7.85. The molecule has 0 spiro atoms. The second-order valence-corrected chi connectivity index (χ2v) is 6.35. The Balaban J connectivity index is 2.05. The van der Waals surface area contributed by atoms with Gasteiger partial charge in [0, 0.05) is 17.4 Å². The van der Waals surface area contributed by atoms with Crippen LogP contribution < -0.4 is 10.1 Å². The number of hydrogen-bond donors (Lipinski definition) is 1. The molecule has 2 rings (SSSR count). The fraction of sp³-hybridized carbons (Fsp3) is 0.588. The first-order chi connectivity index (χ1) is 10.2. The third-order valence-electron chi connectivity index (χ3n) is 4.70. The van der Waals surface area contributed by atoms with Gasteiger partial charge in [-0.1, -0.05) is 48.0 Å². The average Bonchev–Trinajstić information content (AvgIpc) is 2.56. The summed E-state index contributed by atoms with van der Waals surface area (Å²) in [6.07, 6.45) is 2.86. The maximum atomic E-state index is 12.6. The number of alkyl halides is 1. The minimum Gasteiger partial charge on any atom is -0.493 e. The van der Waals surface area contributed by atoms with E-state index in [-0.39, 0.29) is 17.2 Å². The van der Waals surface area contributed by atoms with Crippen LogP contribution in [0.4, 0.5) is 0 Å². The van der Waals surface area contributed by atoms with E-state index >= 15 is 0 Å². The van der Waals surface area contributed by atoms with Crippen LogP contribution in [-0.2, 0) is 4.79 Å². The molecule has 1 unspecified atom stereocenters. The Morgan fingerprint density at radius 1 is 1.38 bits per heavy atom. The maximum Gasteiger partial charge on any atom is 0.227 e. The predicted octanol–water partition coefficient (Wildman–Crippen LogP) is 3.87. The van der Waals surface area contributed by atoms with Gasteiger partial charge in [0.05, 0.1) is 12.5 Å². The molecular formula is C17H24BrNO2. The van der Waals surface area contributed by atoms with Gasteiger partial charge in [-0.2, -0.15) is 0 Å². The largest absolute Gasteiger partial charge is 0.493 e. The fourth-order valence-corrected chi connectivity index (χ4v) is 3.74. The molecule has 1 N–H and O–H groups in total. The van der Waals surface area contributed by atoms with Crippen molar-refractivity contribution in [2.45, 2.75) is 39.0 Å². The molecule has 0 aliphatic carbocycles. The van der Waals surface area contributed by atoms with E-state index < -0.39 is 0 Å². The molecule has 0 fully saturated rings. The number of amides is 1. The van der Waals surface area contributed by atoms with Crippen LogP contribution in [0.15, 0.2) is 24.3 Å². The van der Waals surface area contributed by atoms with Gasteiger partial charge in [-0.15, -0.1) is 0 Å². The zero-order valence-electron chi connectivity index (χ0n) is 12.8. The van der Waals surface area contributed by atoms with Crippen LogP contribution in [0.5, 0.6) is 5.75 Å². The van der Waals surface area contributed by atoms with Crippen molar-refractivity contribution in [1.29, 1.82) is 0 Å². The second-order valence-electron chi connectivity index (χ2n) is 5.79. The number of hydrogen-bond acceptors (Lipinski definition) is 2. The molecule has 1 aliphatic rings. The molecule has 0 radical (unpaired) electrons. The van der Waals surface area contributed by atoms with Gasteiger partial charge >= 0.3 is 0 Å². The van der Waals surface area contributed by atoms with Crippen molar-refractivity contribution in [2.75, 3.05) is 18.5 Å². The highest BCUT2D eigenvalue weighted by Gasteiger charge is 2.30. The molecule has 0 saturated heterocycles. The molecule has 1 heterocycles. The predicted molar refractivity (Wildman–Crippen MR) is 89.1 cm³/mol. The Morgan fingerprint density at radius 3 is 2.76 bits per heavy atom. The van der Waals surface area contributed by atoms with Gasteiger partial charge in [-0.05, 0) is 30.7 Å². The van der Waals surface area contributed by atoms with Crippen LogP contribution in [0.1, 0.15) is 44.6 Å². The lowest BCUT2D eigenvalue weighted by Gasteiger charge is -2.31. The van der Waals surface area contributed by atoms with Crippen molar-refractivity contribution in [3.8, 4) is 5.75 Å². The standard InChI is InChI=1S/C17H24BrNO2/c1-3-17(4-2,11-18)12-19-16(20)14-9-10-21-15-8-6-5-7-13(14)15/h5-8,14H,3-4,9-12H2,1-2H3,(H,19,20). The van der Waals surface area contributed by atoms with Crippen LogP contribution in [0, 0.1) is 5.41 Å². The first-order valence-corrected chi connectivity index (χ1v) is 8.83. The van der Waals surface area contributed by atoms with Crippen molar-refractivity contribution in [2.24, 2.45) is 5.41 Å². The van der Waals surface area contributed by atoms with Gasteiger partial charge < -0.3 is 10.1 Å². The third kappa shape index (κ3) is 3.60. The number of carbonyl (C=O) groups is 1. The van der Waals surface area contributed by atoms with Gasteiger partial charge in [0.2, 0.25) is 5.91 Å². The van der Waals surface area contributed by atoms with E-state index in [1.807, 2.05) is 24.3 Å². The quantitative estimate of drug-likeness (QED) is 0.788. The molecule has 21 heavy (non-hydrogen) atoms. The summed E-state index contributed by atoms with van der Waals surface area (Å²) in [5, 5.41) is 4.08. The number of nitrogens with one attached hydrogen (secondary N) is 1. The van der Waals surface area contributed by atoms with Crippen LogP contribution in [0.2, 0.25) is 0 Å². The smallest absolute Gasteiger partial charge is 0.227 e. The molecule has 0 aromatic heterocycles. The van der Waals surface area contributed by atoms with Gasteiger partial charge in [-0.3, -0.25) is 4.79 Å². The topological polar surface area (TPSA) is 38.3 Å². The molecule has 1 amide bonds. The van der Waals surface area contributed by atoms with Gasteiger partial charge in [0.1, 0.15) is 5.75 Å². The van der Waals surface area contributed by atoms with Crippen molar-refractivity contribution in [3.63, 3.8) is 0 Å². The van der Waals surface area contributed by atoms with Crippen LogP contribution in [0.3, 0.4) is 0 Å². The highest BCUT2D eigenvalue weighted by molar-refractivity contribution is 9.09. The number of fused-ring (bicyclic) bond motifs is 1. The molecule has 1 aliphatic heterocycles.